The predicted molar refractivity (Wildman–Crippen MR) is 96.4 cm³/mol. The first-order chi connectivity index (χ1) is 12.1. The zero-order valence-corrected chi connectivity index (χ0v) is 14.8. The fourth-order valence-electron chi connectivity index (χ4n) is 2.12. The number of ether oxygens (including phenoxy) is 2. The summed E-state index contributed by atoms with van der Waals surface area (Å²) in [7, 11) is 1.61. The van der Waals surface area contributed by atoms with E-state index in [0.717, 1.165) is 24.5 Å². The number of rotatable bonds is 9. The van der Waals surface area contributed by atoms with Crippen LogP contribution in [0.1, 0.15) is 29.7 Å². The van der Waals surface area contributed by atoms with Gasteiger partial charge in [0, 0.05) is 12.6 Å². The third kappa shape index (κ3) is 5.95. The highest BCUT2D eigenvalue weighted by Gasteiger charge is 2.10. The minimum absolute atomic E-state index is 0.247. The molecule has 0 saturated carbocycles. The van der Waals surface area contributed by atoms with Crippen molar-refractivity contribution < 1.29 is 14.3 Å². The summed E-state index contributed by atoms with van der Waals surface area (Å²) in [6.45, 7) is 5.38. The number of hydrogen-bond donors (Lipinski definition) is 2. The first-order valence-corrected chi connectivity index (χ1v) is 8.27. The van der Waals surface area contributed by atoms with Crippen LogP contribution in [0.2, 0.25) is 0 Å². The lowest BCUT2D eigenvalue weighted by Gasteiger charge is -2.10. The van der Waals surface area contributed by atoms with Crippen LogP contribution in [0.3, 0.4) is 0 Å². The third-order valence-electron chi connectivity index (χ3n) is 3.34. The van der Waals surface area contributed by atoms with Crippen LogP contribution >= 0.6 is 0 Å². The van der Waals surface area contributed by atoms with Crippen molar-refractivity contribution in [2.75, 3.05) is 32.1 Å². The summed E-state index contributed by atoms with van der Waals surface area (Å²) in [6.07, 6.45) is 0.979. The summed E-state index contributed by atoms with van der Waals surface area (Å²) in [5, 5.41) is 5.96. The molecule has 1 amide bonds. The fraction of sp³-hybridized carbons (Fsp3) is 0.389. The van der Waals surface area contributed by atoms with Crippen LogP contribution in [0, 0.1) is 6.92 Å². The lowest BCUT2D eigenvalue weighted by molar-refractivity contribution is 0.0941. The van der Waals surface area contributed by atoms with Gasteiger partial charge in [0.05, 0.1) is 13.7 Å². The van der Waals surface area contributed by atoms with E-state index in [0.29, 0.717) is 30.5 Å². The summed E-state index contributed by atoms with van der Waals surface area (Å²) < 4.78 is 10.7. The highest BCUT2D eigenvalue weighted by molar-refractivity contribution is 5.92. The van der Waals surface area contributed by atoms with Gasteiger partial charge in [0.2, 0.25) is 0 Å². The van der Waals surface area contributed by atoms with Crippen molar-refractivity contribution in [2.24, 2.45) is 0 Å². The molecule has 7 heteroatoms. The quantitative estimate of drug-likeness (QED) is 0.680. The topological polar surface area (TPSA) is 85.4 Å². The van der Waals surface area contributed by atoms with E-state index in [4.69, 9.17) is 9.47 Å². The Bertz CT molecular complexity index is 689. The van der Waals surface area contributed by atoms with Gasteiger partial charge < -0.3 is 20.1 Å². The van der Waals surface area contributed by atoms with Crippen molar-refractivity contribution in [2.45, 2.75) is 20.3 Å². The summed E-state index contributed by atoms with van der Waals surface area (Å²) in [5.74, 6) is 2.46. The number of aromatic nitrogens is 2. The number of methoxy groups -OCH3 is 1. The highest BCUT2D eigenvalue weighted by atomic mass is 16.5. The van der Waals surface area contributed by atoms with E-state index in [-0.39, 0.29) is 5.91 Å². The molecule has 1 heterocycles. The molecule has 1 aromatic heterocycles. The van der Waals surface area contributed by atoms with Crippen molar-refractivity contribution in [3.8, 4) is 11.5 Å². The Hall–Kier alpha value is -2.83. The Balaban J connectivity index is 1.82. The van der Waals surface area contributed by atoms with E-state index >= 15 is 0 Å². The van der Waals surface area contributed by atoms with Gasteiger partial charge in [0.15, 0.2) is 0 Å². The van der Waals surface area contributed by atoms with Gasteiger partial charge in [-0.25, -0.2) is 9.97 Å². The lowest BCUT2D eigenvalue weighted by Crippen LogP contribution is -2.29. The van der Waals surface area contributed by atoms with E-state index in [2.05, 4.69) is 27.5 Å². The maximum atomic E-state index is 12.2. The summed E-state index contributed by atoms with van der Waals surface area (Å²) in [5.41, 5.74) is 0.343. The highest BCUT2D eigenvalue weighted by Crippen LogP contribution is 2.16. The number of nitrogens with zero attached hydrogens (tertiary/aromatic N) is 2. The van der Waals surface area contributed by atoms with E-state index in [1.807, 2.05) is 24.3 Å². The van der Waals surface area contributed by atoms with Crippen molar-refractivity contribution in [1.29, 1.82) is 0 Å². The van der Waals surface area contributed by atoms with Gasteiger partial charge in [-0.15, -0.1) is 0 Å². The lowest BCUT2D eigenvalue weighted by atomic mass is 10.3. The van der Waals surface area contributed by atoms with Crippen LogP contribution in [-0.2, 0) is 0 Å². The molecule has 0 atom stereocenters. The first kappa shape index (κ1) is 18.5. The molecule has 0 radical (unpaired) electrons. The Morgan fingerprint density at radius 3 is 2.52 bits per heavy atom. The minimum atomic E-state index is -0.247. The van der Waals surface area contributed by atoms with Crippen LogP contribution < -0.4 is 20.1 Å². The van der Waals surface area contributed by atoms with Crippen LogP contribution in [0.4, 0.5) is 5.82 Å². The Morgan fingerprint density at radius 1 is 1.12 bits per heavy atom. The molecule has 1 aromatic carbocycles. The van der Waals surface area contributed by atoms with Gasteiger partial charge in [-0.3, -0.25) is 4.79 Å². The van der Waals surface area contributed by atoms with E-state index in [9.17, 15) is 4.79 Å². The molecule has 0 aliphatic heterocycles. The number of amides is 1. The average Bonchev–Trinajstić information content (AvgIpc) is 2.63. The standard InChI is InChI=1S/C18H24N4O3/c1-4-9-19-17-12-16(21-13(2)22-17)18(23)20-10-11-25-15-7-5-14(24-3)6-8-15/h5-8,12H,4,9-11H2,1-3H3,(H,20,23)(H,19,21,22). The van der Waals surface area contributed by atoms with Crippen LogP contribution in [0.15, 0.2) is 30.3 Å². The monoisotopic (exact) mass is 344 g/mol. The number of benzene rings is 1. The molecule has 0 unspecified atom stereocenters. The van der Waals surface area contributed by atoms with Crippen molar-refractivity contribution >= 4 is 11.7 Å². The molecule has 25 heavy (non-hydrogen) atoms. The van der Waals surface area contributed by atoms with Crippen molar-refractivity contribution in [3.63, 3.8) is 0 Å². The van der Waals surface area contributed by atoms with Gasteiger partial charge in [-0.2, -0.15) is 0 Å². The van der Waals surface area contributed by atoms with Gasteiger partial charge in [0.1, 0.15) is 35.4 Å². The number of carbonyl (C=O) groups is 1. The number of anilines is 1. The molecule has 0 fully saturated rings. The van der Waals surface area contributed by atoms with Gasteiger partial charge >= 0.3 is 0 Å². The predicted octanol–water partition coefficient (Wildman–Crippen LogP) is 2.42. The summed E-state index contributed by atoms with van der Waals surface area (Å²) in [6, 6.07) is 8.94. The Kier molecular flexibility index (Phi) is 7.00. The number of nitrogens with one attached hydrogen (secondary N) is 2. The second-order valence-corrected chi connectivity index (χ2v) is 5.39. The normalized spacial score (nSPS) is 10.2. The summed E-state index contributed by atoms with van der Waals surface area (Å²) >= 11 is 0. The van der Waals surface area contributed by atoms with Gasteiger partial charge in [-0.05, 0) is 37.6 Å². The molecule has 0 aliphatic carbocycles. The first-order valence-electron chi connectivity index (χ1n) is 8.27. The second-order valence-electron chi connectivity index (χ2n) is 5.39. The summed E-state index contributed by atoms with van der Waals surface area (Å²) in [4.78, 5) is 20.7. The Morgan fingerprint density at radius 2 is 1.84 bits per heavy atom. The Labute approximate surface area is 147 Å². The molecule has 2 rings (SSSR count). The largest absolute Gasteiger partial charge is 0.497 e. The van der Waals surface area contributed by atoms with Crippen molar-refractivity contribution in [1.82, 2.24) is 15.3 Å². The SMILES string of the molecule is CCCNc1cc(C(=O)NCCOc2ccc(OC)cc2)nc(C)n1. The molecule has 0 saturated heterocycles. The fourth-order valence-corrected chi connectivity index (χ4v) is 2.12. The maximum absolute atomic E-state index is 12.2. The molecule has 0 bridgehead atoms. The van der Waals surface area contributed by atoms with E-state index in [1.165, 1.54) is 0 Å². The zero-order chi connectivity index (χ0) is 18.1. The minimum Gasteiger partial charge on any atom is -0.497 e. The third-order valence-corrected chi connectivity index (χ3v) is 3.34. The zero-order valence-electron chi connectivity index (χ0n) is 14.8. The molecule has 7 nitrogen and oxygen atoms in total. The van der Waals surface area contributed by atoms with Gasteiger partial charge in [0.25, 0.3) is 5.91 Å². The average molecular weight is 344 g/mol. The van der Waals surface area contributed by atoms with Crippen LogP contribution in [0.25, 0.3) is 0 Å². The van der Waals surface area contributed by atoms with Gasteiger partial charge in [-0.1, -0.05) is 6.92 Å². The maximum Gasteiger partial charge on any atom is 0.270 e. The van der Waals surface area contributed by atoms with E-state index in [1.54, 1.807) is 20.1 Å². The smallest absolute Gasteiger partial charge is 0.270 e. The van der Waals surface area contributed by atoms with E-state index < -0.39 is 0 Å². The molecular weight excluding hydrogens is 320 g/mol. The second kappa shape index (κ2) is 9.46. The van der Waals surface area contributed by atoms with Crippen LogP contribution in [0.5, 0.6) is 11.5 Å². The molecular formula is C18H24N4O3. The molecule has 134 valence electrons. The molecule has 2 N–H and O–H groups in total. The molecule has 0 aliphatic rings. The van der Waals surface area contributed by atoms with Crippen LogP contribution in [-0.4, -0.2) is 42.7 Å². The van der Waals surface area contributed by atoms with Crippen molar-refractivity contribution in [3.05, 3.63) is 41.9 Å². The molecule has 2 aromatic rings. The number of aryl methyl sites for hydroxylation is 1. The number of carbonyl (C=O) groups excluding carboxylic acids is 1. The number of hydrogen-bond acceptors (Lipinski definition) is 6. The molecule has 0 spiro atoms.